The molecule has 0 heterocycles. The van der Waals surface area contributed by atoms with Crippen LogP contribution >= 0.6 is 7.60 Å². The summed E-state index contributed by atoms with van der Waals surface area (Å²) in [6, 6.07) is 18.1. The van der Waals surface area contributed by atoms with Crippen LogP contribution in [0.4, 0.5) is 0 Å². The van der Waals surface area contributed by atoms with E-state index in [2.05, 4.69) is 6.92 Å². The second-order valence-corrected chi connectivity index (χ2v) is 6.03. The first-order chi connectivity index (χ1) is 9.22. The summed E-state index contributed by atoms with van der Waals surface area (Å²) < 4.78 is 23.7. The minimum atomic E-state index is -3.23. The van der Waals surface area contributed by atoms with Crippen LogP contribution in [0.15, 0.2) is 60.7 Å². The molecule has 2 aromatic rings. The minimum Gasteiger partial charge on any atom is -0.416 e. The van der Waals surface area contributed by atoms with Crippen molar-refractivity contribution in [1.29, 1.82) is 0 Å². The van der Waals surface area contributed by atoms with Gasteiger partial charge in [0.25, 0.3) is 0 Å². The van der Waals surface area contributed by atoms with Gasteiger partial charge in [-0.15, -0.1) is 0 Å². The lowest BCUT2D eigenvalue weighted by molar-refractivity contribution is 0.386. The van der Waals surface area contributed by atoms with Gasteiger partial charge in [-0.25, -0.2) is 4.57 Å². The Bertz CT molecular complexity index is 494. The summed E-state index contributed by atoms with van der Waals surface area (Å²) in [5.74, 6) is 1.07. The van der Waals surface area contributed by atoms with Crippen LogP contribution in [0.1, 0.15) is 6.42 Å². The van der Waals surface area contributed by atoms with E-state index in [4.69, 9.17) is 9.05 Å². The Kier molecular flexibility index (Phi) is 4.64. The van der Waals surface area contributed by atoms with Crippen LogP contribution in [0.25, 0.3) is 0 Å². The zero-order valence-corrected chi connectivity index (χ0v) is 11.5. The van der Waals surface area contributed by atoms with E-state index in [0.717, 1.165) is 0 Å². The monoisotopic (exact) mass is 275 g/mol. The molecule has 0 bridgehead atoms. The first kappa shape index (κ1) is 13.7. The maximum Gasteiger partial charge on any atom is 0.430 e. The molecule has 3 nitrogen and oxygen atoms in total. The molecule has 0 spiro atoms. The number of para-hydroxylation sites is 2. The molecular weight excluding hydrogens is 259 g/mol. The summed E-state index contributed by atoms with van der Waals surface area (Å²) in [5, 5.41) is 0. The van der Waals surface area contributed by atoms with Crippen molar-refractivity contribution < 1.29 is 13.6 Å². The van der Waals surface area contributed by atoms with Gasteiger partial charge in [-0.3, -0.25) is 0 Å². The minimum absolute atomic E-state index is 0.275. The van der Waals surface area contributed by atoms with Gasteiger partial charge >= 0.3 is 7.60 Å². The van der Waals surface area contributed by atoms with Crippen molar-refractivity contribution in [2.24, 2.45) is 0 Å². The molecule has 0 saturated heterocycles. The molecule has 19 heavy (non-hydrogen) atoms. The van der Waals surface area contributed by atoms with Crippen LogP contribution < -0.4 is 9.05 Å². The molecule has 0 saturated carbocycles. The molecule has 99 valence electrons. The molecule has 2 rings (SSSR count). The highest BCUT2D eigenvalue weighted by molar-refractivity contribution is 7.54. The van der Waals surface area contributed by atoms with Gasteiger partial charge in [0.1, 0.15) is 11.5 Å². The second-order valence-electron chi connectivity index (χ2n) is 4.00. The van der Waals surface area contributed by atoms with E-state index >= 15 is 0 Å². The largest absolute Gasteiger partial charge is 0.430 e. The Morgan fingerprint density at radius 3 is 1.63 bits per heavy atom. The van der Waals surface area contributed by atoms with Crippen molar-refractivity contribution in [3.05, 3.63) is 67.6 Å². The third-order valence-corrected chi connectivity index (χ3v) is 4.25. The van der Waals surface area contributed by atoms with Crippen LogP contribution in [-0.4, -0.2) is 6.16 Å². The first-order valence-electron chi connectivity index (χ1n) is 6.09. The fourth-order valence-corrected chi connectivity index (χ4v) is 3.08. The normalized spacial score (nSPS) is 11.0. The maximum absolute atomic E-state index is 12.7. The van der Waals surface area contributed by atoms with Gasteiger partial charge in [-0.2, -0.15) is 0 Å². The van der Waals surface area contributed by atoms with Crippen molar-refractivity contribution in [2.45, 2.75) is 6.42 Å². The third-order valence-electron chi connectivity index (χ3n) is 2.41. The molecule has 0 aromatic heterocycles. The van der Waals surface area contributed by atoms with Crippen molar-refractivity contribution in [1.82, 2.24) is 0 Å². The van der Waals surface area contributed by atoms with Crippen LogP contribution in [-0.2, 0) is 4.57 Å². The lowest BCUT2D eigenvalue weighted by Crippen LogP contribution is -2.04. The summed E-state index contributed by atoms with van der Waals surface area (Å²) in [7, 11) is -3.23. The Morgan fingerprint density at radius 2 is 1.26 bits per heavy atom. The van der Waals surface area contributed by atoms with Crippen molar-refractivity contribution in [2.75, 3.05) is 6.16 Å². The molecule has 0 fully saturated rings. The highest BCUT2D eigenvalue weighted by atomic mass is 31.2. The fraction of sp³-hybridized carbons (Fsp3) is 0.133. The number of benzene rings is 2. The molecule has 0 aliphatic heterocycles. The average Bonchev–Trinajstić information content (AvgIpc) is 2.41. The van der Waals surface area contributed by atoms with E-state index in [1.54, 1.807) is 24.3 Å². The van der Waals surface area contributed by atoms with Crippen LogP contribution in [0.5, 0.6) is 11.5 Å². The molecule has 0 amide bonds. The highest BCUT2D eigenvalue weighted by Crippen LogP contribution is 2.48. The lowest BCUT2D eigenvalue weighted by Gasteiger charge is -2.19. The molecule has 0 N–H and O–H groups in total. The van der Waals surface area contributed by atoms with Gasteiger partial charge in [-0.05, 0) is 30.7 Å². The van der Waals surface area contributed by atoms with E-state index in [9.17, 15) is 4.57 Å². The van der Waals surface area contributed by atoms with Gasteiger partial charge < -0.3 is 9.05 Å². The summed E-state index contributed by atoms with van der Waals surface area (Å²) >= 11 is 0. The van der Waals surface area contributed by atoms with E-state index in [1.807, 2.05) is 36.4 Å². The molecule has 4 heteroatoms. The van der Waals surface area contributed by atoms with Crippen molar-refractivity contribution in [3.63, 3.8) is 0 Å². The SMILES string of the molecule is [CH2]CCP(=O)(Oc1ccccc1)Oc1ccccc1. The maximum atomic E-state index is 12.7. The van der Waals surface area contributed by atoms with Gasteiger partial charge in [-0.1, -0.05) is 43.3 Å². The van der Waals surface area contributed by atoms with Gasteiger partial charge in [0.2, 0.25) is 0 Å². The Hall–Kier alpha value is -1.73. The first-order valence-corrected chi connectivity index (χ1v) is 7.82. The second kappa shape index (κ2) is 6.44. The van der Waals surface area contributed by atoms with Crippen LogP contribution in [0.3, 0.4) is 0 Å². The molecule has 0 unspecified atom stereocenters. The van der Waals surface area contributed by atoms with Crippen LogP contribution in [0, 0.1) is 6.92 Å². The van der Waals surface area contributed by atoms with Crippen LogP contribution in [0.2, 0.25) is 0 Å². The standard InChI is InChI=1S/C15H16O3P/c1-2-13-19(16,17-14-9-5-3-6-10-14)18-15-11-7-4-8-12-15/h3-12H,1-2,13H2. The summed E-state index contributed by atoms with van der Waals surface area (Å²) in [6.07, 6.45) is 0.758. The molecule has 2 aromatic carbocycles. The quantitative estimate of drug-likeness (QED) is 0.725. The molecule has 1 radical (unpaired) electrons. The van der Waals surface area contributed by atoms with E-state index in [-0.39, 0.29) is 6.16 Å². The number of hydrogen-bond donors (Lipinski definition) is 0. The average molecular weight is 275 g/mol. The van der Waals surface area contributed by atoms with Gasteiger partial charge in [0.15, 0.2) is 0 Å². The number of rotatable bonds is 6. The Morgan fingerprint density at radius 1 is 0.842 bits per heavy atom. The predicted octanol–water partition coefficient (Wildman–Crippen LogP) is 4.56. The highest BCUT2D eigenvalue weighted by Gasteiger charge is 2.26. The van der Waals surface area contributed by atoms with E-state index in [0.29, 0.717) is 17.9 Å². The smallest absolute Gasteiger partial charge is 0.416 e. The fourth-order valence-electron chi connectivity index (χ4n) is 1.59. The van der Waals surface area contributed by atoms with Gasteiger partial charge in [0.05, 0.1) is 6.16 Å². The summed E-state index contributed by atoms with van der Waals surface area (Å²) in [5.41, 5.74) is 0. The van der Waals surface area contributed by atoms with Crippen molar-refractivity contribution >= 4 is 7.60 Å². The van der Waals surface area contributed by atoms with Crippen molar-refractivity contribution in [3.8, 4) is 11.5 Å². The lowest BCUT2D eigenvalue weighted by atomic mass is 10.3. The summed E-state index contributed by atoms with van der Waals surface area (Å²) in [4.78, 5) is 0. The predicted molar refractivity (Wildman–Crippen MR) is 76.6 cm³/mol. The van der Waals surface area contributed by atoms with E-state index < -0.39 is 7.60 Å². The van der Waals surface area contributed by atoms with Gasteiger partial charge in [0, 0.05) is 0 Å². The number of hydrogen-bond acceptors (Lipinski definition) is 3. The van der Waals surface area contributed by atoms with E-state index in [1.165, 1.54) is 0 Å². The molecule has 0 atom stereocenters. The zero-order chi connectivity index (χ0) is 13.6. The Labute approximate surface area is 113 Å². The summed E-state index contributed by atoms with van der Waals surface area (Å²) in [6.45, 7) is 3.72. The third kappa shape index (κ3) is 4.15. The molecule has 0 aliphatic carbocycles. The topological polar surface area (TPSA) is 35.5 Å². The Balaban J connectivity index is 2.16. The molecular formula is C15H16O3P. The molecule has 0 aliphatic rings. The zero-order valence-electron chi connectivity index (χ0n) is 10.6.